The third kappa shape index (κ3) is 63.0. The number of ether oxygens (including phenoxy) is 3. The third-order valence-corrected chi connectivity index (χ3v) is 14.0. The summed E-state index contributed by atoms with van der Waals surface area (Å²) in [5.74, 6) is -0.969. The van der Waals surface area contributed by atoms with Gasteiger partial charge >= 0.3 is 17.9 Å². The lowest BCUT2D eigenvalue weighted by atomic mass is 10.0. The topological polar surface area (TPSA) is 78.9 Å². The Morgan fingerprint density at radius 3 is 0.896 bits per heavy atom. The van der Waals surface area contributed by atoms with E-state index in [2.05, 4.69) is 118 Å². The molecule has 77 heavy (non-hydrogen) atoms. The highest BCUT2D eigenvalue weighted by atomic mass is 16.6. The van der Waals surface area contributed by atoms with E-state index >= 15 is 0 Å². The van der Waals surface area contributed by atoms with E-state index in [0.29, 0.717) is 19.3 Å². The van der Waals surface area contributed by atoms with Gasteiger partial charge in [-0.05, 0) is 109 Å². The molecule has 0 aromatic rings. The second-order valence-corrected chi connectivity index (χ2v) is 21.6. The zero-order valence-corrected chi connectivity index (χ0v) is 50.7. The minimum atomic E-state index is -0.814. The van der Waals surface area contributed by atoms with Gasteiger partial charge in [-0.15, -0.1) is 0 Å². The lowest BCUT2D eigenvalue weighted by Crippen LogP contribution is -2.30. The van der Waals surface area contributed by atoms with Gasteiger partial charge in [0.1, 0.15) is 13.2 Å². The van der Waals surface area contributed by atoms with Gasteiger partial charge in [-0.1, -0.05) is 285 Å². The third-order valence-electron chi connectivity index (χ3n) is 14.0. The van der Waals surface area contributed by atoms with Crippen molar-refractivity contribution < 1.29 is 28.6 Å². The Labute approximate surface area is 477 Å². The van der Waals surface area contributed by atoms with E-state index in [-0.39, 0.29) is 37.5 Å². The maximum Gasteiger partial charge on any atom is 0.306 e. The summed E-state index contributed by atoms with van der Waals surface area (Å²) in [5.41, 5.74) is 0. The molecule has 0 rings (SSSR count). The average Bonchev–Trinajstić information content (AvgIpc) is 3.43. The first-order chi connectivity index (χ1) is 38.0. The molecule has 0 amide bonds. The molecule has 1 unspecified atom stereocenters. The molecule has 0 N–H and O–H groups in total. The predicted molar refractivity (Wildman–Crippen MR) is 334 cm³/mol. The summed E-state index contributed by atoms with van der Waals surface area (Å²) in [5, 5.41) is 0. The van der Waals surface area contributed by atoms with Gasteiger partial charge in [-0.25, -0.2) is 0 Å². The normalized spacial score (nSPS) is 12.7. The molecule has 0 aromatic heterocycles. The lowest BCUT2D eigenvalue weighted by molar-refractivity contribution is -0.167. The molecule has 442 valence electrons. The second-order valence-electron chi connectivity index (χ2n) is 21.6. The number of carbonyl (C=O) groups excluding carboxylic acids is 3. The van der Waals surface area contributed by atoms with Crippen LogP contribution in [0.25, 0.3) is 0 Å². The van der Waals surface area contributed by atoms with Crippen molar-refractivity contribution in [2.24, 2.45) is 0 Å². The summed E-state index contributed by atoms with van der Waals surface area (Å²) in [4.78, 5) is 38.2. The molecule has 0 aliphatic rings. The predicted octanol–water partition coefficient (Wildman–Crippen LogP) is 22.4. The van der Waals surface area contributed by atoms with Crippen LogP contribution in [-0.4, -0.2) is 37.2 Å². The van der Waals surface area contributed by atoms with Gasteiger partial charge in [-0.3, -0.25) is 14.4 Å². The van der Waals surface area contributed by atoms with Gasteiger partial charge < -0.3 is 14.2 Å². The van der Waals surface area contributed by atoms with E-state index in [1.807, 2.05) is 0 Å². The SMILES string of the molecule is CC/C=C\C/C=C\C/C=C\C/C=C\C/C=C\CCCC(=O)OC(COC(=O)CCCCCCC/C=C\C/C=C\CCC)COC(=O)CCCCCCCCCCCCCCCCCCC/C=C\CCCCCCCCCC. The van der Waals surface area contributed by atoms with Gasteiger partial charge in [0.15, 0.2) is 6.10 Å². The fraction of sp³-hybridized carbons (Fsp3) is 0.732. The number of esters is 3. The van der Waals surface area contributed by atoms with E-state index in [4.69, 9.17) is 14.2 Å². The molecule has 0 aliphatic heterocycles. The van der Waals surface area contributed by atoms with Gasteiger partial charge in [-0.2, -0.15) is 0 Å². The van der Waals surface area contributed by atoms with E-state index in [0.717, 1.165) is 109 Å². The van der Waals surface area contributed by atoms with Crippen molar-refractivity contribution in [3.05, 3.63) is 97.2 Å². The Morgan fingerprint density at radius 2 is 0.545 bits per heavy atom. The summed E-state index contributed by atoms with van der Waals surface area (Å²) in [6.07, 6.45) is 87.3. The number of unbranched alkanes of at least 4 members (excludes halogenated alkanes) is 32. The number of hydrogen-bond donors (Lipinski definition) is 0. The van der Waals surface area contributed by atoms with Crippen LogP contribution in [0, 0.1) is 0 Å². The van der Waals surface area contributed by atoms with Crippen LogP contribution in [0.1, 0.15) is 316 Å². The Balaban J connectivity index is 4.27. The largest absolute Gasteiger partial charge is 0.462 e. The average molecular weight is 1070 g/mol. The summed E-state index contributed by atoms with van der Waals surface area (Å²) >= 11 is 0. The standard InChI is InChI=1S/C71H122O6/c1-4-7-10-13-16-19-22-25-27-29-30-31-32-33-34-35-36-37-38-39-40-42-43-46-49-52-55-58-61-64-70(73)76-67-68(66-75-69(72)63-60-57-54-51-48-45-24-21-18-15-12-9-6-3)77-71(74)65-62-59-56-53-50-47-44-41-28-26-23-20-17-14-11-8-5-2/h8,11-12,15,17,20-21,24,26,28-30,44,47,53,56,68H,4-7,9-10,13-14,16,18-19,22-23,25,27,31-43,45-46,48-52,54-55,57-67H2,1-3H3/b11-8-,15-12-,20-17-,24-21-,28-26-,30-29-,47-44-,56-53-. The van der Waals surface area contributed by atoms with Crippen LogP contribution in [0.4, 0.5) is 0 Å². The first kappa shape index (κ1) is 73.3. The van der Waals surface area contributed by atoms with Crippen molar-refractivity contribution in [3.8, 4) is 0 Å². The Hall–Kier alpha value is -3.67. The summed E-state index contributed by atoms with van der Waals surface area (Å²) < 4.78 is 16.8. The number of allylic oxidation sites excluding steroid dienone is 16. The first-order valence-electron chi connectivity index (χ1n) is 32.7. The number of rotatable bonds is 59. The van der Waals surface area contributed by atoms with Crippen molar-refractivity contribution in [1.29, 1.82) is 0 Å². The van der Waals surface area contributed by atoms with Gasteiger partial charge in [0.25, 0.3) is 0 Å². The van der Waals surface area contributed by atoms with Crippen LogP contribution in [-0.2, 0) is 28.6 Å². The quantitative estimate of drug-likeness (QED) is 0.0261. The minimum absolute atomic E-state index is 0.103. The highest BCUT2D eigenvalue weighted by Gasteiger charge is 2.19. The van der Waals surface area contributed by atoms with Crippen LogP contribution in [0.5, 0.6) is 0 Å². The fourth-order valence-electron chi connectivity index (χ4n) is 9.16. The summed E-state index contributed by atoms with van der Waals surface area (Å²) in [6, 6.07) is 0. The van der Waals surface area contributed by atoms with E-state index in [1.54, 1.807) is 0 Å². The second kappa shape index (κ2) is 64.9. The molecule has 0 saturated heterocycles. The Bertz CT molecular complexity index is 1510. The maximum absolute atomic E-state index is 12.9. The number of hydrogen-bond acceptors (Lipinski definition) is 6. The molecule has 0 saturated carbocycles. The monoisotopic (exact) mass is 1070 g/mol. The fourth-order valence-corrected chi connectivity index (χ4v) is 9.16. The highest BCUT2D eigenvalue weighted by Crippen LogP contribution is 2.17. The molecule has 1 atom stereocenters. The molecule has 0 bridgehead atoms. The number of carbonyl (C=O) groups is 3. The summed E-state index contributed by atoms with van der Waals surface area (Å²) in [6.45, 7) is 6.43. The van der Waals surface area contributed by atoms with Gasteiger partial charge in [0.2, 0.25) is 0 Å². The molecule has 0 aliphatic carbocycles. The van der Waals surface area contributed by atoms with Crippen molar-refractivity contribution in [3.63, 3.8) is 0 Å². The molecular weight excluding hydrogens is 949 g/mol. The van der Waals surface area contributed by atoms with Crippen molar-refractivity contribution in [1.82, 2.24) is 0 Å². The van der Waals surface area contributed by atoms with Crippen molar-refractivity contribution >= 4 is 17.9 Å². The van der Waals surface area contributed by atoms with Crippen molar-refractivity contribution in [2.75, 3.05) is 13.2 Å². The molecule has 6 heteroatoms. The molecule has 0 spiro atoms. The smallest absolute Gasteiger partial charge is 0.306 e. The van der Waals surface area contributed by atoms with Crippen LogP contribution < -0.4 is 0 Å². The first-order valence-corrected chi connectivity index (χ1v) is 32.7. The molecule has 0 fully saturated rings. The molecule has 0 radical (unpaired) electrons. The molecular formula is C71H122O6. The van der Waals surface area contributed by atoms with Crippen LogP contribution in [0.15, 0.2) is 97.2 Å². The van der Waals surface area contributed by atoms with Crippen LogP contribution in [0.3, 0.4) is 0 Å². The Kier molecular flexibility index (Phi) is 61.8. The molecule has 0 aromatic carbocycles. The van der Waals surface area contributed by atoms with Crippen molar-refractivity contribution in [2.45, 2.75) is 322 Å². The minimum Gasteiger partial charge on any atom is -0.462 e. The zero-order chi connectivity index (χ0) is 55.7. The maximum atomic E-state index is 12.9. The Morgan fingerprint density at radius 1 is 0.273 bits per heavy atom. The van der Waals surface area contributed by atoms with E-state index < -0.39 is 6.10 Å². The van der Waals surface area contributed by atoms with E-state index in [9.17, 15) is 14.4 Å². The van der Waals surface area contributed by atoms with Gasteiger partial charge in [0.05, 0.1) is 0 Å². The van der Waals surface area contributed by atoms with Gasteiger partial charge in [0, 0.05) is 19.3 Å². The van der Waals surface area contributed by atoms with E-state index in [1.165, 1.54) is 161 Å². The van der Waals surface area contributed by atoms with Crippen LogP contribution >= 0.6 is 0 Å². The molecule has 6 nitrogen and oxygen atoms in total. The van der Waals surface area contributed by atoms with Crippen LogP contribution in [0.2, 0.25) is 0 Å². The lowest BCUT2D eigenvalue weighted by Gasteiger charge is -2.18. The zero-order valence-electron chi connectivity index (χ0n) is 50.7. The summed E-state index contributed by atoms with van der Waals surface area (Å²) in [7, 11) is 0. The molecule has 0 heterocycles. The highest BCUT2D eigenvalue weighted by molar-refractivity contribution is 5.71.